The van der Waals surface area contributed by atoms with Gasteiger partial charge >= 0.3 is 6.09 Å². The Balaban J connectivity index is 2.44. The van der Waals surface area contributed by atoms with Crippen LogP contribution in [0.1, 0.15) is 38.9 Å². The van der Waals surface area contributed by atoms with Gasteiger partial charge in [-0.1, -0.05) is 12.1 Å². The third kappa shape index (κ3) is 6.68. The molecule has 124 valence electrons. The summed E-state index contributed by atoms with van der Waals surface area (Å²) in [5.74, 6) is 0. The molecule has 0 aliphatic carbocycles. The molecule has 0 saturated heterocycles. The van der Waals surface area contributed by atoms with Crippen molar-refractivity contribution in [2.75, 3.05) is 12.8 Å². The number of nitrogens with one attached hydrogen (secondary N) is 1. The molecular weight excluding hydrogens is 302 g/mol. The summed E-state index contributed by atoms with van der Waals surface area (Å²) < 4.78 is 5.10. The smallest absolute Gasteiger partial charge is 0.407 e. The first-order valence-corrected chi connectivity index (χ1v) is 8.42. The Bertz CT molecular complexity index is 487. The summed E-state index contributed by atoms with van der Waals surface area (Å²) in [7, 11) is 0. The zero-order chi connectivity index (χ0) is 16.8. The molecule has 3 N–H and O–H groups in total. The van der Waals surface area contributed by atoms with Crippen LogP contribution in [0.15, 0.2) is 29.2 Å². The van der Waals surface area contributed by atoms with Crippen LogP contribution < -0.4 is 5.32 Å². The van der Waals surface area contributed by atoms with Crippen LogP contribution in [0.3, 0.4) is 0 Å². The normalized spacial score (nSPS) is 14.3. The van der Waals surface area contributed by atoms with E-state index in [4.69, 9.17) is 4.74 Å². The van der Waals surface area contributed by atoms with Gasteiger partial charge in [-0.25, -0.2) is 4.79 Å². The fourth-order valence-electron chi connectivity index (χ4n) is 1.84. The summed E-state index contributed by atoms with van der Waals surface area (Å²) in [5, 5.41) is 22.8. The number of thioether (sulfide) groups is 1. The third-order valence-electron chi connectivity index (χ3n) is 2.91. The first kappa shape index (κ1) is 18.8. The number of aliphatic hydroxyl groups is 2. The average Bonchev–Trinajstić information content (AvgIpc) is 2.44. The minimum atomic E-state index is -0.979. The van der Waals surface area contributed by atoms with Crippen LogP contribution >= 0.6 is 11.8 Å². The van der Waals surface area contributed by atoms with Crippen molar-refractivity contribution in [2.45, 2.75) is 49.9 Å². The van der Waals surface area contributed by atoms with Crippen LogP contribution in [-0.2, 0) is 4.74 Å². The maximum atomic E-state index is 11.5. The van der Waals surface area contributed by atoms with Crippen LogP contribution in [-0.4, -0.2) is 40.8 Å². The van der Waals surface area contributed by atoms with Gasteiger partial charge in [-0.15, -0.1) is 11.8 Å². The van der Waals surface area contributed by atoms with Gasteiger partial charge in [0.2, 0.25) is 0 Å². The van der Waals surface area contributed by atoms with E-state index in [0.717, 1.165) is 4.90 Å². The van der Waals surface area contributed by atoms with Crippen LogP contribution in [0.2, 0.25) is 0 Å². The molecule has 1 aromatic carbocycles. The molecule has 22 heavy (non-hydrogen) atoms. The Morgan fingerprint density at radius 1 is 1.36 bits per heavy atom. The van der Waals surface area contributed by atoms with E-state index in [1.165, 1.54) is 0 Å². The van der Waals surface area contributed by atoms with Gasteiger partial charge in [-0.2, -0.15) is 0 Å². The molecule has 1 aromatic rings. The summed E-state index contributed by atoms with van der Waals surface area (Å²) in [6, 6.07) is 7.40. The largest absolute Gasteiger partial charge is 0.444 e. The van der Waals surface area contributed by atoms with Gasteiger partial charge in [0.25, 0.3) is 0 Å². The van der Waals surface area contributed by atoms with Gasteiger partial charge < -0.3 is 20.3 Å². The van der Waals surface area contributed by atoms with E-state index >= 15 is 0 Å². The number of aliphatic hydroxyl groups excluding tert-OH is 2. The van der Waals surface area contributed by atoms with Crippen LogP contribution in [0.4, 0.5) is 4.79 Å². The Morgan fingerprint density at radius 3 is 2.64 bits per heavy atom. The Hall–Kier alpha value is -1.24. The lowest BCUT2D eigenvalue weighted by Gasteiger charge is -2.21. The van der Waals surface area contributed by atoms with Crippen molar-refractivity contribution >= 4 is 17.9 Å². The second kappa shape index (κ2) is 8.41. The molecule has 0 heterocycles. The molecule has 0 radical (unpaired) electrons. The average molecular weight is 327 g/mol. The van der Waals surface area contributed by atoms with Gasteiger partial charge in [-0.3, -0.25) is 0 Å². The minimum absolute atomic E-state index is 0.232. The maximum absolute atomic E-state index is 11.5. The summed E-state index contributed by atoms with van der Waals surface area (Å²) in [5.41, 5.74) is 0.108. The first-order chi connectivity index (χ1) is 10.2. The maximum Gasteiger partial charge on any atom is 0.407 e. The molecule has 0 bridgehead atoms. The minimum Gasteiger partial charge on any atom is -0.444 e. The van der Waals surface area contributed by atoms with Crippen molar-refractivity contribution in [1.82, 2.24) is 5.32 Å². The molecule has 6 heteroatoms. The Labute approximate surface area is 136 Å². The van der Waals surface area contributed by atoms with Crippen LogP contribution in [0.25, 0.3) is 0 Å². The van der Waals surface area contributed by atoms with Gasteiger partial charge in [0.05, 0.1) is 6.10 Å². The number of amides is 1. The molecule has 2 unspecified atom stereocenters. The van der Waals surface area contributed by atoms with E-state index in [1.54, 1.807) is 38.6 Å². The molecule has 0 spiro atoms. The Kier molecular flexibility index (Phi) is 7.19. The quantitative estimate of drug-likeness (QED) is 0.700. The van der Waals surface area contributed by atoms with Crippen molar-refractivity contribution in [1.29, 1.82) is 0 Å². The fourth-order valence-corrected chi connectivity index (χ4v) is 2.31. The molecule has 1 rings (SSSR count). The highest BCUT2D eigenvalue weighted by molar-refractivity contribution is 7.98. The number of ether oxygens (including phenoxy) is 1. The number of carbonyl (C=O) groups is 1. The van der Waals surface area contributed by atoms with E-state index in [0.29, 0.717) is 5.56 Å². The van der Waals surface area contributed by atoms with E-state index in [-0.39, 0.29) is 13.0 Å². The molecule has 0 aromatic heterocycles. The van der Waals surface area contributed by atoms with E-state index < -0.39 is 23.9 Å². The summed E-state index contributed by atoms with van der Waals surface area (Å²) >= 11 is 1.57. The summed E-state index contributed by atoms with van der Waals surface area (Å²) in [4.78, 5) is 12.5. The van der Waals surface area contributed by atoms with Crippen LogP contribution in [0.5, 0.6) is 0 Å². The lowest BCUT2D eigenvalue weighted by molar-refractivity contribution is 0.0122. The molecular formula is C16H25NO4S. The molecule has 0 aliphatic rings. The summed E-state index contributed by atoms with van der Waals surface area (Å²) in [6.07, 6.45) is -0.269. The second-order valence-corrected chi connectivity index (χ2v) is 6.89. The van der Waals surface area contributed by atoms with E-state index in [9.17, 15) is 15.0 Å². The monoisotopic (exact) mass is 327 g/mol. The lowest BCUT2D eigenvalue weighted by Crippen LogP contribution is -2.34. The highest BCUT2D eigenvalue weighted by Gasteiger charge is 2.20. The second-order valence-electron chi connectivity index (χ2n) is 6.01. The van der Waals surface area contributed by atoms with E-state index in [2.05, 4.69) is 5.32 Å². The number of benzene rings is 1. The number of carbonyl (C=O) groups excluding carboxylic acids is 1. The molecule has 0 fully saturated rings. The molecule has 0 aliphatic heterocycles. The zero-order valence-electron chi connectivity index (χ0n) is 13.5. The van der Waals surface area contributed by atoms with Gasteiger partial charge in [0.15, 0.2) is 0 Å². The highest BCUT2D eigenvalue weighted by atomic mass is 32.2. The molecule has 1 amide bonds. The fraction of sp³-hybridized carbons (Fsp3) is 0.562. The third-order valence-corrected chi connectivity index (χ3v) is 3.63. The number of alkyl carbamates (subject to hydrolysis) is 1. The molecule has 2 atom stereocenters. The van der Waals surface area contributed by atoms with Crippen molar-refractivity contribution in [3.05, 3.63) is 29.8 Å². The number of hydrogen-bond acceptors (Lipinski definition) is 5. The summed E-state index contributed by atoms with van der Waals surface area (Å²) in [6.45, 7) is 5.58. The number of hydrogen-bond donors (Lipinski definition) is 3. The highest BCUT2D eigenvalue weighted by Crippen LogP contribution is 2.23. The van der Waals surface area contributed by atoms with Gasteiger partial charge in [0, 0.05) is 11.4 Å². The van der Waals surface area contributed by atoms with Crippen molar-refractivity contribution in [3.63, 3.8) is 0 Å². The van der Waals surface area contributed by atoms with Gasteiger partial charge in [-0.05, 0) is 51.1 Å². The topological polar surface area (TPSA) is 78.8 Å². The Morgan fingerprint density at radius 2 is 2.05 bits per heavy atom. The number of rotatable bonds is 6. The predicted molar refractivity (Wildman–Crippen MR) is 88.0 cm³/mol. The molecule has 5 nitrogen and oxygen atoms in total. The van der Waals surface area contributed by atoms with Crippen molar-refractivity contribution in [3.8, 4) is 0 Å². The van der Waals surface area contributed by atoms with Crippen LogP contribution in [0, 0.1) is 0 Å². The predicted octanol–water partition coefficient (Wildman–Crippen LogP) is 2.72. The first-order valence-electron chi connectivity index (χ1n) is 7.20. The van der Waals surface area contributed by atoms with Gasteiger partial charge in [0.1, 0.15) is 11.7 Å². The zero-order valence-corrected chi connectivity index (χ0v) is 14.3. The standard InChI is InChI=1S/C16H25NO4S/c1-16(2,3)21-15(20)17-9-8-13(18)14(19)11-6-5-7-12(10-11)22-4/h5-7,10,13-14,18-19H,8-9H2,1-4H3,(H,17,20). The SMILES string of the molecule is CSc1cccc(C(O)C(O)CCNC(=O)OC(C)(C)C)c1. The lowest BCUT2D eigenvalue weighted by atomic mass is 10.0. The van der Waals surface area contributed by atoms with Crippen molar-refractivity contribution in [2.24, 2.45) is 0 Å². The molecule has 0 saturated carbocycles. The van der Waals surface area contributed by atoms with Crippen molar-refractivity contribution < 1.29 is 19.7 Å². The van der Waals surface area contributed by atoms with E-state index in [1.807, 2.05) is 24.5 Å².